The van der Waals surface area contributed by atoms with Crippen molar-refractivity contribution in [3.8, 4) is 11.8 Å². The second-order valence-corrected chi connectivity index (χ2v) is 5.29. The fourth-order valence-electron chi connectivity index (χ4n) is 3.00. The minimum absolute atomic E-state index is 0.710. The number of rotatable bonds is 4. The Kier molecular flexibility index (Phi) is 4.12. The van der Waals surface area contributed by atoms with E-state index >= 15 is 0 Å². The quantitative estimate of drug-likeness (QED) is 0.662. The number of para-hydroxylation sites is 1. The highest BCUT2D eigenvalue weighted by atomic mass is 16.5. The van der Waals surface area contributed by atoms with Gasteiger partial charge in [0.25, 0.3) is 0 Å². The lowest BCUT2D eigenvalue weighted by atomic mass is 9.70. The maximum Gasteiger partial charge on any atom is 0.136 e. The summed E-state index contributed by atoms with van der Waals surface area (Å²) in [4.78, 5) is 0. The van der Waals surface area contributed by atoms with Crippen LogP contribution in [-0.4, -0.2) is 7.11 Å². The molecule has 112 valence electrons. The molecule has 0 aromatic heterocycles. The molecule has 0 aliphatic carbocycles. The minimum atomic E-state index is -0.908. The Morgan fingerprint density at radius 2 is 1.22 bits per heavy atom. The van der Waals surface area contributed by atoms with E-state index in [1.807, 2.05) is 84.9 Å². The van der Waals surface area contributed by atoms with Crippen LogP contribution < -0.4 is 4.74 Å². The molecule has 0 aliphatic heterocycles. The van der Waals surface area contributed by atoms with E-state index in [-0.39, 0.29) is 0 Å². The third-order valence-corrected chi connectivity index (χ3v) is 4.09. The first-order chi connectivity index (χ1) is 11.3. The van der Waals surface area contributed by atoms with Gasteiger partial charge in [-0.1, -0.05) is 78.9 Å². The summed E-state index contributed by atoms with van der Waals surface area (Å²) >= 11 is 0. The smallest absolute Gasteiger partial charge is 0.136 e. The van der Waals surface area contributed by atoms with Crippen LogP contribution in [0, 0.1) is 11.3 Å². The van der Waals surface area contributed by atoms with Gasteiger partial charge in [0.2, 0.25) is 0 Å². The Morgan fingerprint density at radius 3 is 1.70 bits per heavy atom. The average molecular weight is 299 g/mol. The number of ether oxygens (including phenoxy) is 1. The second kappa shape index (κ2) is 6.37. The number of benzene rings is 3. The third-order valence-electron chi connectivity index (χ3n) is 4.09. The predicted molar refractivity (Wildman–Crippen MR) is 91.4 cm³/mol. The van der Waals surface area contributed by atoms with Crippen LogP contribution >= 0.6 is 0 Å². The second-order valence-electron chi connectivity index (χ2n) is 5.29. The zero-order valence-electron chi connectivity index (χ0n) is 12.9. The van der Waals surface area contributed by atoms with Gasteiger partial charge in [-0.2, -0.15) is 5.26 Å². The van der Waals surface area contributed by atoms with E-state index in [2.05, 4.69) is 6.07 Å². The first-order valence-corrected chi connectivity index (χ1v) is 7.48. The Labute approximate surface area is 136 Å². The molecular formula is C21H17NO. The molecule has 0 unspecified atom stereocenters. The van der Waals surface area contributed by atoms with Crippen molar-refractivity contribution in [3.63, 3.8) is 0 Å². The van der Waals surface area contributed by atoms with Gasteiger partial charge in [-0.3, -0.25) is 0 Å². The lowest BCUT2D eigenvalue weighted by molar-refractivity contribution is 0.406. The molecule has 0 atom stereocenters. The number of hydrogen-bond acceptors (Lipinski definition) is 2. The van der Waals surface area contributed by atoms with Crippen molar-refractivity contribution >= 4 is 0 Å². The van der Waals surface area contributed by atoms with Gasteiger partial charge in [0.05, 0.1) is 13.2 Å². The van der Waals surface area contributed by atoms with Gasteiger partial charge in [0, 0.05) is 5.56 Å². The molecule has 0 amide bonds. The predicted octanol–water partition coefficient (Wildman–Crippen LogP) is 4.55. The van der Waals surface area contributed by atoms with E-state index in [0.29, 0.717) is 5.75 Å². The van der Waals surface area contributed by atoms with Gasteiger partial charge in [0.1, 0.15) is 11.2 Å². The van der Waals surface area contributed by atoms with Crippen LogP contribution in [0.15, 0.2) is 84.9 Å². The van der Waals surface area contributed by atoms with E-state index in [1.165, 1.54) is 0 Å². The zero-order chi connectivity index (χ0) is 16.1. The van der Waals surface area contributed by atoms with Gasteiger partial charge >= 0.3 is 0 Å². The summed E-state index contributed by atoms with van der Waals surface area (Å²) in [6.07, 6.45) is 0. The summed E-state index contributed by atoms with van der Waals surface area (Å²) < 4.78 is 5.55. The van der Waals surface area contributed by atoms with Crippen LogP contribution in [0.1, 0.15) is 16.7 Å². The fourth-order valence-corrected chi connectivity index (χ4v) is 3.00. The molecule has 2 heteroatoms. The molecule has 0 fully saturated rings. The van der Waals surface area contributed by atoms with Gasteiger partial charge in [-0.25, -0.2) is 0 Å². The zero-order valence-corrected chi connectivity index (χ0v) is 12.9. The van der Waals surface area contributed by atoms with Crippen molar-refractivity contribution in [1.29, 1.82) is 5.26 Å². The van der Waals surface area contributed by atoms with E-state index in [4.69, 9.17) is 4.74 Å². The highest BCUT2D eigenvalue weighted by Gasteiger charge is 2.38. The maximum absolute atomic E-state index is 10.3. The van der Waals surface area contributed by atoms with Gasteiger partial charge in [-0.15, -0.1) is 0 Å². The first kappa shape index (κ1) is 14.9. The molecule has 23 heavy (non-hydrogen) atoms. The third kappa shape index (κ3) is 2.47. The summed E-state index contributed by atoms with van der Waals surface area (Å²) in [7, 11) is 1.64. The summed E-state index contributed by atoms with van der Waals surface area (Å²) in [6.45, 7) is 0. The molecule has 0 radical (unpaired) electrons. The fraction of sp³-hybridized carbons (Fsp3) is 0.0952. The van der Waals surface area contributed by atoms with Crippen molar-refractivity contribution in [2.24, 2.45) is 0 Å². The number of hydrogen-bond donors (Lipinski definition) is 0. The molecule has 2 nitrogen and oxygen atoms in total. The molecule has 0 heterocycles. The molecular weight excluding hydrogens is 282 g/mol. The Bertz CT molecular complexity index is 780. The van der Waals surface area contributed by atoms with Crippen molar-refractivity contribution in [1.82, 2.24) is 0 Å². The van der Waals surface area contributed by atoms with Crippen LogP contribution in [0.3, 0.4) is 0 Å². The van der Waals surface area contributed by atoms with Crippen LogP contribution in [-0.2, 0) is 5.41 Å². The van der Waals surface area contributed by atoms with Gasteiger partial charge < -0.3 is 4.74 Å². The van der Waals surface area contributed by atoms with Crippen LogP contribution in [0.25, 0.3) is 0 Å². The van der Waals surface area contributed by atoms with Crippen LogP contribution in [0.2, 0.25) is 0 Å². The number of methoxy groups -OCH3 is 1. The molecule has 3 aromatic carbocycles. The van der Waals surface area contributed by atoms with E-state index in [1.54, 1.807) is 7.11 Å². The largest absolute Gasteiger partial charge is 0.496 e. The van der Waals surface area contributed by atoms with E-state index in [0.717, 1.165) is 16.7 Å². The SMILES string of the molecule is COc1ccccc1C(C#N)(c1ccccc1)c1ccccc1. The monoisotopic (exact) mass is 299 g/mol. The highest BCUT2D eigenvalue weighted by Crippen LogP contribution is 2.42. The van der Waals surface area contributed by atoms with Crippen LogP contribution in [0.4, 0.5) is 0 Å². The lowest BCUT2D eigenvalue weighted by Crippen LogP contribution is -2.28. The van der Waals surface area contributed by atoms with Crippen molar-refractivity contribution < 1.29 is 4.74 Å². The van der Waals surface area contributed by atoms with Gasteiger partial charge in [-0.05, 0) is 17.2 Å². The Morgan fingerprint density at radius 1 is 0.739 bits per heavy atom. The molecule has 0 N–H and O–H groups in total. The van der Waals surface area contributed by atoms with Crippen molar-refractivity contribution in [2.45, 2.75) is 5.41 Å². The van der Waals surface area contributed by atoms with E-state index in [9.17, 15) is 5.26 Å². The summed E-state index contributed by atoms with van der Waals surface area (Å²) in [5.41, 5.74) is 1.80. The molecule has 0 saturated heterocycles. The van der Waals surface area contributed by atoms with Crippen LogP contribution in [0.5, 0.6) is 5.75 Å². The molecule has 0 aliphatic rings. The van der Waals surface area contributed by atoms with E-state index < -0.39 is 5.41 Å². The van der Waals surface area contributed by atoms with Crippen molar-refractivity contribution in [3.05, 3.63) is 102 Å². The summed E-state index contributed by atoms with van der Waals surface area (Å²) in [6, 6.07) is 30.0. The standard InChI is InChI=1S/C21H17NO/c1-23-20-15-9-8-14-19(20)21(16-22,17-10-4-2-5-11-17)18-12-6-3-7-13-18/h2-15H,1H3. The van der Waals surface area contributed by atoms with Crippen molar-refractivity contribution in [2.75, 3.05) is 7.11 Å². The summed E-state index contributed by atoms with van der Waals surface area (Å²) in [5.74, 6) is 0.710. The molecule has 0 bridgehead atoms. The Hall–Kier alpha value is -3.05. The molecule has 3 rings (SSSR count). The highest BCUT2D eigenvalue weighted by molar-refractivity contribution is 5.60. The lowest BCUT2D eigenvalue weighted by Gasteiger charge is -2.30. The molecule has 0 spiro atoms. The minimum Gasteiger partial charge on any atom is -0.496 e. The first-order valence-electron chi connectivity index (χ1n) is 7.48. The average Bonchev–Trinajstić information content (AvgIpc) is 2.65. The normalized spacial score (nSPS) is 10.8. The van der Waals surface area contributed by atoms with Gasteiger partial charge in [0.15, 0.2) is 0 Å². The maximum atomic E-state index is 10.3. The summed E-state index contributed by atoms with van der Waals surface area (Å²) in [5, 5.41) is 10.3. The molecule has 0 saturated carbocycles. The number of nitrogens with zero attached hydrogens (tertiary/aromatic N) is 1. The number of nitriles is 1. The molecule has 3 aromatic rings. The topological polar surface area (TPSA) is 33.0 Å². The Balaban J connectivity index is 2.37.